The monoisotopic (exact) mass is 476 g/mol. The van der Waals surface area contributed by atoms with Crippen LogP contribution in [-0.4, -0.2) is 52.0 Å². The highest BCUT2D eigenvalue weighted by Crippen LogP contribution is 2.21. The van der Waals surface area contributed by atoms with Crippen LogP contribution in [0.25, 0.3) is 11.0 Å². The number of likely N-dealkylation sites (tertiary alicyclic amines) is 1. The van der Waals surface area contributed by atoms with E-state index in [1.165, 1.54) is 6.42 Å². The van der Waals surface area contributed by atoms with Crippen molar-refractivity contribution in [2.45, 2.75) is 65.5 Å². The van der Waals surface area contributed by atoms with Gasteiger partial charge in [0.15, 0.2) is 6.61 Å². The van der Waals surface area contributed by atoms with E-state index in [2.05, 4.69) is 12.2 Å². The molecule has 186 valence electrons. The number of hydrogen-bond donors (Lipinski definition) is 1. The topological polar surface area (TPSA) is 76.5 Å². The minimum absolute atomic E-state index is 0.00860. The number of carbonyl (C=O) groups excluding carboxylic acids is 2. The zero-order valence-electron chi connectivity index (χ0n) is 21.0. The van der Waals surface area contributed by atoms with Crippen LogP contribution in [0.3, 0.4) is 0 Å². The lowest BCUT2D eigenvalue weighted by Gasteiger charge is -2.33. The molecule has 1 fully saturated rings. The van der Waals surface area contributed by atoms with Gasteiger partial charge in [0.25, 0.3) is 5.91 Å². The Hall–Kier alpha value is -3.35. The van der Waals surface area contributed by atoms with E-state index in [1.54, 1.807) is 0 Å². The molecule has 7 nitrogen and oxygen atoms in total. The van der Waals surface area contributed by atoms with Crippen molar-refractivity contribution in [3.05, 3.63) is 59.4 Å². The molecule has 0 radical (unpaired) electrons. The quantitative estimate of drug-likeness (QED) is 0.470. The molecule has 1 saturated heterocycles. The maximum atomic E-state index is 13.1. The van der Waals surface area contributed by atoms with Crippen LogP contribution in [0.15, 0.2) is 42.5 Å². The Bertz CT molecular complexity index is 1190. The Morgan fingerprint density at radius 1 is 1.14 bits per heavy atom. The molecular weight excluding hydrogens is 440 g/mol. The Kier molecular flexibility index (Phi) is 8.06. The van der Waals surface area contributed by atoms with E-state index in [-0.39, 0.29) is 24.5 Å². The summed E-state index contributed by atoms with van der Waals surface area (Å²) in [5.74, 6) is 1.62. The zero-order chi connectivity index (χ0) is 24.8. The molecule has 1 aromatic heterocycles. The molecule has 35 heavy (non-hydrogen) atoms. The van der Waals surface area contributed by atoms with Crippen LogP contribution in [0.5, 0.6) is 5.75 Å². The third kappa shape index (κ3) is 6.21. The van der Waals surface area contributed by atoms with E-state index in [1.807, 2.05) is 65.8 Å². The minimum Gasteiger partial charge on any atom is -0.483 e. The van der Waals surface area contributed by atoms with Gasteiger partial charge >= 0.3 is 0 Å². The standard InChI is InChI=1S/C28H36N4O3/c1-20-13-14-21(2)25(17-20)35-19-27(33)29-15-8-12-26-30-23-10-4-5-11-24(23)32(26)18-28(34)31-16-7-6-9-22(31)3/h4-5,10-11,13-14,17,22H,6-9,12,15-16,18-19H2,1-3H3,(H,29,33). The number of amides is 2. The van der Waals surface area contributed by atoms with Crippen LogP contribution in [0.2, 0.25) is 0 Å². The van der Waals surface area contributed by atoms with E-state index >= 15 is 0 Å². The van der Waals surface area contributed by atoms with Crippen LogP contribution < -0.4 is 10.1 Å². The van der Waals surface area contributed by atoms with Crippen molar-refractivity contribution >= 4 is 22.8 Å². The van der Waals surface area contributed by atoms with Crippen LogP contribution in [0.1, 0.15) is 49.6 Å². The molecule has 1 unspecified atom stereocenters. The van der Waals surface area contributed by atoms with Crippen LogP contribution in [-0.2, 0) is 22.6 Å². The molecule has 7 heteroatoms. The summed E-state index contributed by atoms with van der Waals surface area (Å²) in [6.45, 7) is 7.75. The third-order valence-corrected chi connectivity index (χ3v) is 6.75. The van der Waals surface area contributed by atoms with Crippen LogP contribution >= 0.6 is 0 Å². The first kappa shape index (κ1) is 24.8. The van der Waals surface area contributed by atoms with E-state index in [0.717, 1.165) is 59.5 Å². The van der Waals surface area contributed by atoms with Gasteiger partial charge in [-0.1, -0.05) is 24.3 Å². The van der Waals surface area contributed by atoms with E-state index in [0.29, 0.717) is 19.5 Å². The predicted molar refractivity (Wildman–Crippen MR) is 138 cm³/mol. The Labute approximate surface area is 207 Å². The maximum absolute atomic E-state index is 13.1. The summed E-state index contributed by atoms with van der Waals surface area (Å²) >= 11 is 0. The highest BCUT2D eigenvalue weighted by molar-refractivity contribution is 5.81. The number of ether oxygens (including phenoxy) is 1. The van der Waals surface area contributed by atoms with E-state index in [9.17, 15) is 9.59 Å². The van der Waals surface area contributed by atoms with Gasteiger partial charge in [-0.2, -0.15) is 0 Å². The average Bonchev–Trinajstić information content (AvgIpc) is 3.19. The number of aromatic nitrogens is 2. The minimum atomic E-state index is -0.145. The summed E-state index contributed by atoms with van der Waals surface area (Å²) in [6.07, 6.45) is 4.73. The van der Waals surface area contributed by atoms with Gasteiger partial charge in [0, 0.05) is 25.6 Å². The number of benzene rings is 2. The van der Waals surface area contributed by atoms with Crippen molar-refractivity contribution in [1.29, 1.82) is 0 Å². The lowest BCUT2D eigenvalue weighted by atomic mass is 10.0. The second kappa shape index (κ2) is 11.4. The molecule has 1 N–H and O–H groups in total. The van der Waals surface area contributed by atoms with Gasteiger partial charge in [-0.15, -0.1) is 0 Å². The normalized spacial score (nSPS) is 15.9. The lowest BCUT2D eigenvalue weighted by molar-refractivity contribution is -0.135. The molecule has 2 heterocycles. The Morgan fingerprint density at radius 3 is 2.80 bits per heavy atom. The number of hydrogen-bond acceptors (Lipinski definition) is 4. The summed E-state index contributed by atoms with van der Waals surface area (Å²) < 4.78 is 7.74. The summed E-state index contributed by atoms with van der Waals surface area (Å²) in [5.41, 5.74) is 3.98. The maximum Gasteiger partial charge on any atom is 0.257 e. The first-order valence-corrected chi connectivity index (χ1v) is 12.6. The molecule has 0 saturated carbocycles. The molecule has 1 aliphatic heterocycles. The molecule has 1 atom stereocenters. The van der Waals surface area contributed by atoms with Crippen molar-refractivity contribution in [2.75, 3.05) is 19.7 Å². The second-order valence-electron chi connectivity index (χ2n) is 9.55. The zero-order valence-corrected chi connectivity index (χ0v) is 21.0. The summed E-state index contributed by atoms with van der Waals surface area (Å²) in [5, 5.41) is 2.93. The fraction of sp³-hybridized carbons (Fsp3) is 0.464. The molecule has 1 aliphatic rings. The smallest absolute Gasteiger partial charge is 0.257 e. The molecule has 3 aromatic rings. The number of rotatable bonds is 9. The van der Waals surface area contributed by atoms with Crippen molar-refractivity contribution in [2.24, 2.45) is 0 Å². The number of piperidine rings is 1. The first-order valence-electron chi connectivity index (χ1n) is 12.6. The number of aryl methyl sites for hydroxylation is 3. The largest absolute Gasteiger partial charge is 0.483 e. The molecule has 0 aliphatic carbocycles. The van der Waals surface area contributed by atoms with Gasteiger partial charge in [-0.3, -0.25) is 9.59 Å². The second-order valence-corrected chi connectivity index (χ2v) is 9.55. The average molecular weight is 477 g/mol. The Morgan fingerprint density at radius 2 is 1.97 bits per heavy atom. The molecule has 0 spiro atoms. The van der Waals surface area contributed by atoms with Crippen molar-refractivity contribution < 1.29 is 14.3 Å². The Balaban J connectivity index is 1.33. The molecule has 2 aromatic carbocycles. The molecule has 2 amide bonds. The summed E-state index contributed by atoms with van der Waals surface area (Å²) in [6, 6.07) is 14.2. The number of nitrogens with zero attached hydrogens (tertiary/aromatic N) is 3. The van der Waals surface area contributed by atoms with Crippen molar-refractivity contribution in [3.63, 3.8) is 0 Å². The fourth-order valence-corrected chi connectivity index (χ4v) is 4.72. The molecular formula is C28H36N4O3. The number of nitrogens with one attached hydrogen (secondary N) is 1. The van der Waals surface area contributed by atoms with Gasteiger partial charge in [0.05, 0.1) is 11.0 Å². The van der Waals surface area contributed by atoms with Gasteiger partial charge in [0.1, 0.15) is 18.1 Å². The number of para-hydroxylation sites is 2. The number of fused-ring (bicyclic) bond motifs is 1. The van der Waals surface area contributed by atoms with Gasteiger partial charge < -0.3 is 19.5 Å². The number of imidazole rings is 1. The third-order valence-electron chi connectivity index (χ3n) is 6.75. The summed E-state index contributed by atoms with van der Waals surface area (Å²) in [4.78, 5) is 32.2. The van der Waals surface area contributed by atoms with E-state index in [4.69, 9.17) is 9.72 Å². The highest BCUT2D eigenvalue weighted by Gasteiger charge is 2.24. The SMILES string of the molecule is Cc1ccc(C)c(OCC(=O)NCCCc2nc3ccccc3n2CC(=O)N2CCCCC2C)c1. The lowest BCUT2D eigenvalue weighted by Crippen LogP contribution is -2.43. The van der Waals surface area contributed by atoms with Crippen LogP contribution in [0, 0.1) is 13.8 Å². The van der Waals surface area contributed by atoms with Crippen molar-refractivity contribution in [1.82, 2.24) is 19.8 Å². The number of carbonyl (C=O) groups is 2. The summed E-state index contributed by atoms with van der Waals surface area (Å²) in [7, 11) is 0. The van der Waals surface area contributed by atoms with Crippen LogP contribution in [0.4, 0.5) is 0 Å². The predicted octanol–water partition coefficient (Wildman–Crippen LogP) is 4.18. The fourth-order valence-electron chi connectivity index (χ4n) is 4.72. The first-order chi connectivity index (χ1) is 16.9. The van der Waals surface area contributed by atoms with E-state index < -0.39 is 0 Å². The molecule has 0 bridgehead atoms. The van der Waals surface area contributed by atoms with Gasteiger partial charge in [-0.05, 0) is 75.8 Å². The van der Waals surface area contributed by atoms with Gasteiger partial charge in [0.2, 0.25) is 5.91 Å². The highest BCUT2D eigenvalue weighted by atomic mass is 16.5. The van der Waals surface area contributed by atoms with Gasteiger partial charge in [-0.25, -0.2) is 4.98 Å². The van der Waals surface area contributed by atoms with Crippen molar-refractivity contribution in [3.8, 4) is 5.75 Å². The molecule has 4 rings (SSSR count).